The molecule has 0 spiro atoms. The minimum absolute atomic E-state index is 0.124. The summed E-state index contributed by atoms with van der Waals surface area (Å²) in [7, 11) is 0. The van der Waals surface area contributed by atoms with E-state index in [4.69, 9.17) is 0 Å². The van der Waals surface area contributed by atoms with Crippen LogP contribution in [0.2, 0.25) is 0 Å². The van der Waals surface area contributed by atoms with Crippen LogP contribution in [-0.4, -0.2) is 36.3 Å². The summed E-state index contributed by atoms with van der Waals surface area (Å²) in [5.41, 5.74) is 3.73. The van der Waals surface area contributed by atoms with E-state index in [9.17, 15) is 9.59 Å². The predicted molar refractivity (Wildman–Crippen MR) is 112 cm³/mol. The molecule has 3 rings (SSSR count). The normalized spacial score (nSPS) is 14.0. The van der Waals surface area contributed by atoms with Gasteiger partial charge < -0.3 is 10.2 Å². The lowest BCUT2D eigenvalue weighted by molar-refractivity contribution is -0.117. The maximum absolute atomic E-state index is 12.5. The molecule has 5 heteroatoms. The van der Waals surface area contributed by atoms with Crippen LogP contribution in [0.1, 0.15) is 48.2 Å². The summed E-state index contributed by atoms with van der Waals surface area (Å²) in [6.07, 6.45) is 1.46. The largest absolute Gasteiger partial charge is 0.348 e. The lowest BCUT2D eigenvalue weighted by Crippen LogP contribution is -2.26. The van der Waals surface area contributed by atoms with E-state index in [1.807, 2.05) is 12.1 Å². The van der Waals surface area contributed by atoms with Crippen molar-refractivity contribution in [3.8, 4) is 0 Å². The van der Waals surface area contributed by atoms with Crippen molar-refractivity contribution in [2.24, 2.45) is 0 Å². The molecule has 1 N–H and O–H groups in total. The SMILES string of the molecule is CCN(CC)Cc1ccc(CNC(=O)c2cccc(N3CCCC3=O)c2)cc1. The number of benzene rings is 2. The molecule has 1 aliphatic heterocycles. The molecule has 5 nitrogen and oxygen atoms in total. The van der Waals surface area contributed by atoms with Gasteiger partial charge in [0.15, 0.2) is 0 Å². The molecular formula is C23H29N3O2. The van der Waals surface area contributed by atoms with Crippen molar-refractivity contribution >= 4 is 17.5 Å². The van der Waals surface area contributed by atoms with Crippen LogP contribution in [0, 0.1) is 0 Å². The van der Waals surface area contributed by atoms with Crippen molar-refractivity contribution in [3.05, 3.63) is 65.2 Å². The van der Waals surface area contributed by atoms with Gasteiger partial charge in [-0.2, -0.15) is 0 Å². The average molecular weight is 380 g/mol. The number of nitrogens with zero attached hydrogens (tertiary/aromatic N) is 2. The van der Waals surface area contributed by atoms with Crippen molar-refractivity contribution in [1.29, 1.82) is 0 Å². The summed E-state index contributed by atoms with van der Waals surface area (Å²) in [5, 5.41) is 2.97. The minimum Gasteiger partial charge on any atom is -0.348 e. The molecule has 0 bridgehead atoms. The van der Waals surface area contributed by atoms with Crippen molar-refractivity contribution in [2.75, 3.05) is 24.5 Å². The molecule has 148 valence electrons. The van der Waals surface area contributed by atoms with Crippen molar-refractivity contribution < 1.29 is 9.59 Å². The number of anilines is 1. The first-order valence-electron chi connectivity index (χ1n) is 10.1. The first-order valence-corrected chi connectivity index (χ1v) is 10.1. The van der Waals surface area contributed by atoms with Gasteiger partial charge in [-0.15, -0.1) is 0 Å². The van der Waals surface area contributed by atoms with E-state index >= 15 is 0 Å². The fourth-order valence-electron chi connectivity index (χ4n) is 3.49. The van der Waals surface area contributed by atoms with E-state index in [0.717, 1.165) is 43.9 Å². The van der Waals surface area contributed by atoms with E-state index in [2.05, 4.69) is 48.3 Å². The number of hydrogen-bond acceptors (Lipinski definition) is 3. The van der Waals surface area contributed by atoms with Gasteiger partial charge in [-0.05, 0) is 48.8 Å². The summed E-state index contributed by atoms with van der Waals surface area (Å²) in [6.45, 7) is 8.57. The first kappa shape index (κ1) is 20.1. The van der Waals surface area contributed by atoms with Gasteiger partial charge in [0, 0.05) is 37.3 Å². The van der Waals surface area contributed by atoms with E-state index in [-0.39, 0.29) is 11.8 Å². The van der Waals surface area contributed by atoms with Crippen LogP contribution in [0.3, 0.4) is 0 Å². The molecule has 1 saturated heterocycles. The standard InChI is InChI=1S/C23H29N3O2/c1-3-25(4-2)17-19-12-10-18(11-13-19)16-24-23(28)20-7-5-8-21(15-20)26-14-6-9-22(26)27/h5,7-8,10-13,15H,3-4,6,9,14,16-17H2,1-2H3,(H,24,28). The highest BCUT2D eigenvalue weighted by Crippen LogP contribution is 2.22. The van der Waals surface area contributed by atoms with E-state index in [0.29, 0.717) is 18.5 Å². The Bertz CT molecular complexity index is 813. The first-order chi connectivity index (χ1) is 13.6. The topological polar surface area (TPSA) is 52.7 Å². The molecule has 0 radical (unpaired) electrons. The van der Waals surface area contributed by atoms with Crippen LogP contribution in [-0.2, 0) is 17.9 Å². The average Bonchev–Trinajstić information content (AvgIpc) is 3.17. The monoisotopic (exact) mass is 379 g/mol. The Morgan fingerprint density at radius 2 is 1.79 bits per heavy atom. The highest BCUT2D eigenvalue weighted by Gasteiger charge is 2.22. The number of amides is 2. The molecule has 2 aromatic rings. The minimum atomic E-state index is -0.124. The fourth-order valence-corrected chi connectivity index (χ4v) is 3.49. The van der Waals surface area contributed by atoms with Gasteiger partial charge in [0.25, 0.3) is 5.91 Å². The van der Waals surface area contributed by atoms with Crippen molar-refractivity contribution in [2.45, 2.75) is 39.8 Å². The predicted octanol–water partition coefficient (Wildman–Crippen LogP) is 3.59. The third-order valence-corrected chi connectivity index (χ3v) is 5.27. The third-order valence-electron chi connectivity index (χ3n) is 5.27. The summed E-state index contributed by atoms with van der Waals surface area (Å²) in [6, 6.07) is 15.7. The summed E-state index contributed by atoms with van der Waals surface area (Å²) < 4.78 is 0. The molecular weight excluding hydrogens is 350 g/mol. The quantitative estimate of drug-likeness (QED) is 0.763. The lowest BCUT2D eigenvalue weighted by atomic mass is 10.1. The van der Waals surface area contributed by atoms with E-state index in [1.54, 1.807) is 17.0 Å². The molecule has 0 unspecified atom stereocenters. The van der Waals surface area contributed by atoms with Crippen LogP contribution >= 0.6 is 0 Å². The molecule has 28 heavy (non-hydrogen) atoms. The van der Waals surface area contributed by atoms with Gasteiger partial charge >= 0.3 is 0 Å². The van der Waals surface area contributed by atoms with Gasteiger partial charge in [0.2, 0.25) is 5.91 Å². The molecule has 1 heterocycles. The molecule has 2 amide bonds. The van der Waals surface area contributed by atoms with Crippen LogP contribution in [0.25, 0.3) is 0 Å². The molecule has 1 aliphatic rings. The number of carbonyl (C=O) groups is 2. The zero-order chi connectivity index (χ0) is 19.9. The second-order valence-electron chi connectivity index (χ2n) is 7.16. The second-order valence-corrected chi connectivity index (χ2v) is 7.16. The lowest BCUT2D eigenvalue weighted by Gasteiger charge is -2.18. The van der Waals surface area contributed by atoms with Gasteiger partial charge in [-0.1, -0.05) is 44.2 Å². The highest BCUT2D eigenvalue weighted by molar-refractivity contribution is 5.99. The fraction of sp³-hybridized carbons (Fsp3) is 0.391. The molecule has 2 aromatic carbocycles. The van der Waals surface area contributed by atoms with Crippen LogP contribution < -0.4 is 10.2 Å². The highest BCUT2D eigenvalue weighted by atomic mass is 16.2. The van der Waals surface area contributed by atoms with E-state index < -0.39 is 0 Å². The Labute approximate surface area is 167 Å². The van der Waals surface area contributed by atoms with Crippen LogP contribution in [0.4, 0.5) is 5.69 Å². The number of carbonyl (C=O) groups excluding carboxylic acids is 2. The molecule has 0 aliphatic carbocycles. The Kier molecular flexibility index (Phi) is 6.82. The zero-order valence-corrected chi connectivity index (χ0v) is 16.8. The summed E-state index contributed by atoms with van der Waals surface area (Å²) in [4.78, 5) is 28.6. The number of hydrogen-bond donors (Lipinski definition) is 1. The smallest absolute Gasteiger partial charge is 0.251 e. The maximum atomic E-state index is 12.5. The van der Waals surface area contributed by atoms with Gasteiger partial charge in [0.1, 0.15) is 0 Å². The van der Waals surface area contributed by atoms with Crippen molar-refractivity contribution in [1.82, 2.24) is 10.2 Å². The molecule has 1 fully saturated rings. The second kappa shape index (κ2) is 9.51. The van der Waals surface area contributed by atoms with Gasteiger partial charge in [-0.25, -0.2) is 0 Å². The Morgan fingerprint density at radius 1 is 1.07 bits per heavy atom. The third kappa shape index (κ3) is 4.98. The molecule has 0 atom stereocenters. The zero-order valence-electron chi connectivity index (χ0n) is 16.8. The van der Waals surface area contributed by atoms with Crippen molar-refractivity contribution in [3.63, 3.8) is 0 Å². The summed E-state index contributed by atoms with van der Waals surface area (Å²) >= 11 is 0. The Morgan fingerprint density at radius 3 is 2.43 bits per heavy atom. The van der Waals surface area contributed by atoms with Crippen LogP contribution in [0.15, 0.2) is 48.5 Å². The molecule has 0 aromatic heterocycles. The summed E-state index contributed by atoms with van der Waals surface area (Å²) in [5.74, 6) is 0.00285. The van der Waals surface area contributed by atoms with Crippen LogP contribution in [0.5, 0.6) is 0 Å². The van der Waals surface area contributed by atoms with E-state index in [1.165, 1.54) is 5.56 Å². The van der Waals surface area contributed by atoms with Gasteiger partial charge in [0.05, 0.1) is 0 Å². The number of rotatable bonds is 8. The Balaban J connectivity index is 1.57. The maximum Gasteiger partial charge on any atom is 0.251 e. The number of nitrogens with one attached hydrogen (secondary N) is 1. The molecule has 0 saturated carbocycles. The Hall–Kier alpha value is -2.66. The van der Waals surface area contributed by atoms with Gasteiger partial charge in [-0.3, -0.25) is 14.5 Å².